The lowest BCUT2D eigenvalue weighted by Crippen LogP contribution is -2.28. The molecule has 1 unspecified atom stereocenters. The zero-order valence-corrected chi connectivity index (χ0v) is 23.2. The lowest BCUT2D eigenvalue weighted by molar-refractivity contribution is 0.0904. The van der Waals surface area contributed by atoms with Crippen molar-refractivity contribution in [1.82, 2.24) is 5.32 Å². The molecule has 0 aliphatic carbocycles. The zero-order chi connectivity index (χ0) is 26.8. The van der Waals surface area contributed by atoms with Crippen LogP contribution in [0.2, 0.25) is 0 Å². The minimum Gasteiger partial charge on any atom is -0.493 e. The molecule has 0 bridgehead atoms. The van der Waals surface area contributed by atoms with Crippen molar-refractivity contribution in [2.24, 2.45) is 0 Å². The molecule has 1 aromatic rings. The highest BCUT2D eigenvalue weighted by Crippen LogP contribution is 2.41. The van der Waals surface area contributed by atoms with E-state index in [4.69, 9.17) is 23.5 Å². The topological polar surface area (TPSA) is 120 Å². The van der Waals surface area contributed by atoms with Gasteiger partial charge in [-0.25, -0.2) is 4.79 Å². The van der Waals surface area contributed by atoms with E-state index in [1.165, 1.54) is 66.3 Å². The minimum atomic E-state index is -4.07. The van der Waals surface area contributed by atoms with E-state index in [0.717, 1.165) is 19.3 Å². The first-order valence-corrected chi connectivity index (χ1v) is 14.6. The number of rotatable bonds is 20. The fourth-order valence-electron chi connectivity index (χ4n) is 4.01. The van der Waals surface area contributed by atoms with Gasteiger partial charge in [0, 0.05) is 12.1 Å². The van der Waals surface area contributed by atoms with Crippen LogP contribution in [0.15, 0.2) is 12.1 Å². The molecule has 0 saturated heterocycles. The van der Waals surface area contributed by atoms with Crippen molar-refractivity contribution in [3.63, 3.8) is 0 Å². The maximum atomic E-state index is 12.4. The lowest BCUT2D eigenvalue weighted by Gasteiger charge is -2.21. The third-order valence-corrected chi connectivity index (χ3v) is 6.78. The van der Waals surface area contributed by atoms with Crippen LogP contribution < -0.4 is 19.5 Å². The van der Waals surface area contributed by atoms with Gasteiger partial charge in [0.25, 0.3) is 10.1 Å². The summed E-state index contributed by atoms with van der Waals surface area (Å²) in [5.74, 6) is 0.965. The van der Waals surface area contributed by atoms with Crippen LogP contribution in [0, 0.1) is 0 Å². The summed E-state index contributed by atoms with van der Waals surface area (Å²) in [5, 5.41) is 2.55. The molecule has 36 heavy (non-hydrogen) atoms. The predicted octanol–water partition coefficient (Wildman–Crippen LogP) is 6.07. The Balaban J connectivity index is 2.73. The zero-order valence-electron chi connectivity index (χ0n) is 22.3. The summed E-state index contributed by atoms with van der Waals surface area (Å²) in [5.41, 5.74) is 0.716. The highest BCUT2D eigenvalue weighted by Gasteiger charge is 2.22. The normalized spacial score (nSPS) is 12.1. The van der Waals surface area contributed by atoms with Crippen molar-refractivity contribution >= 4 is 16.2 Å². The monoisotopic (exact) mass is 531 g/mol. The first-order chi connectivity index (χ1) is 17.3. The number of methoxy groups -OCH3 is 3. The van der Waals surface area contributed by atoms with E-state index in [-0.39, 0.29) is 13.0 Å². The summed E-state index contributed by atoms with van der Waals surface area (Å²) in [6.45, 7) is 2.29. The molecule has 1 rings (SSSR count). The molecule has 0 aliphatic rings. The quantitative estimate of drug-likeness (QED) is 0.154. The summed E-state index contributed by atoms with van der Waals surface area (Å²) in [6, 6.07) is 3.54. The van der Waals surface area contributed by atoms with Gasteiger partial charge >= 0.3 is 6.09 Å². The molecule has 1 amide bonds. The van der Waals surface area contributed by atoms with Gasteiger partial charge in [0.15, 0.2) is 11.5 Å². The Morgan fingerprint density at radius 3 is 1.86 bits per heavy atom. The van der Waals surface area contributed by atoms with E-state index in [2.05, 4.69) is 12.2 Å². The Labute approximate surface area is 217 Å². The fourth-order valence-corrected chi connectivity index (χ4v) is 4.52. The van der Waals surface area contributed by atoms with Crippen LogP contribution in [0.25, 0.3) is 0 Å². The van der Waals surface area contributed by atoms with Crippen LogP contribution in [0.1, 0.15) is 95.6 Å². The molecule has 10 heteroatoms. The molecule has 0 saturated carbocycles. The van der Waals surface area contributed by atoms with Crippen LogP contribution in [-0.4, -0.2) is 52.7 Å². The van der Waals surface area contributed by atoms with Gasteiger partial charge in [-0.1, -0.05) is 64.7 Å². The second-order valence-corrected chi connectivity index (χ2v) is 10.5. The average molecular weight is 532 g/mol. The van der Waals surface area contributed by atoms with Gasteiger partial charge in [-0.15, -0.1) is 0 Å². The number of carbonyl (C=O) groups excluding carboxylic acids is 1. The number of benzene rings is 1. The van der Waals surface area contributed by atoms with Gasteiger partial charge < -0.3 is 24.3 Å². The molecule has 0 heterocycles. The Bertz CT molecular complexity index is 834. The summed E-state index contributed by atoms with van der Waals surface area (Å²) < 4.78 is 52.6. The number of hydrogen-bond acceptors (Lipinski definition) is 7. The number of unbranched alkanes of at least 4 members (excludes halogenated alkanes) is 9. The molecular formula is C26H45NO8S. The SMILES string of the molecule is CCCCCCCCCCCCC(OC(=O)NCCCS(=O)(=O)O)c1cc(OC)c(OC)c(OC)c1. The molecule has 0 fully saturated rings. The molecule has 1 aromatic carbocycles. The summed E-state index contributed by atoms with van der Waals surface area (Å²) >= 11 is 0. The van der Waals surface area contributed by atoms with E-state index in [1.54, 1.807) is 12.1 Å². The Hall–Kier alpha value is -2.20. The highest BCUT2D eigenvalue weighted by atomic mass is 32.2. The van der Waals surface area contributed by atoms with E-state index in [1.807, 2.05) is 0 Å². The largest absolute Gasteiger partial charge is 0.493 e. The molecule has 2 N–H and O–H groups in total. The van der Waals surface area contributed by atoms with Crippen LogP contribution >= 0.6 is 0 Å². The molecule has 9 nitrogen and oxygen atoms in total. The fraction of sp³-hybridized carbons (Fsp3) is 0.731. The number of carbonyl (C=O) groups is 1. The lowest BCUT2D eigenvalue weighted by atomic mass is 10.0. The van der Waals surface area contributed by atoms with Crippen molar-refractivity contribution in [3.8, 4) is 17.2 Å². The van der Waals surface area contributed by atoms with Crippen molar-refractivity contribution in [2.45, 2.75) is 90.1 Å². The molecule has 1 atom stereocenters. The van der Waals surface area contributed by atoms with Crippen LogP contribution in [0.4, 0.5) is 4.79 Å². The third kappa shape index (κ3) is 13.2. The minimum absolute atomic E-state index is 0.0683. The van der Waals surface area contributed by atoms with Gasteiger partial charge in [0.2, 0.25) is 5.75 Å². The average Bonchev–Trinajstić information content (AvgIpc) is 2.85. The van der Waals surface area contributed by atoms with Crippen LogP contribution in [-0.2, 0) is 14.9 Å². The molecule has 0 spiro atoms. The number of alkyl carbamates (subject to hydrolysis) is 1. The van der Waals surface area contributed by atoms with Crippen LogP contribution in [0.5, 0.6) is 17.2 Å². The molecule has 0 radical (unpaired) electrons. The van der Waals surface area contributed by atoms with Crippen molar-refractivity contribution in [3.05, 3.63) is 17.7 Å². The number of hydrogen-bond donors (Lipinski definition) is 2. The molecule has 0 aromatic heterocycles. The standard InChI is InChI=1S/C26H45NO8S/c1-5-6-7-8-9-10-11-12-13-14-16-22(35-26(28)27-17-15-18-36(29,30)31)21-19-23(32-2)25(34-4)24(20-21)33-3/h19-20,22H,5-18H2,1-4H3,(H,27,28)(H,29,30,31). The second kappa shape index (κ2) is 18.1. The van der Waals surface area contributed by atoms with Gasteiger partial charge in [-0.05, 0) is 31.4 Å². The van der Waals surface area contributed by atoms with Gasteiger partial charge in [0.1, 0.15) is 6.10 Å². The van der Waals surface area contributed by atoms with Crippen molar-refractivity contribution in [2.75, 3.05) is 33.6 Å². The van der Waals surface area contributed by atoms with Gasteiger partial charge in [-0.2, -0.15) is 8.42 Å². The molecular weight excluding hydrogens is 486 g/mol. The smallest absolute Gasteiger partial charge is 0.407 e. The summed E-state index contributed by atoms with van der Waals surface area (Å²) in [4.78, 5) is 12.4. The number of nitrogens with one attached hydrogen (secondary N) is 1. The second-order valence-electron chi connectivity index (χ2n) is 8.89. The summed E-state index contributed by atoms with van der Waals surface area (Å²) in [7, 11) is 0.514. The Morgan fingerprint density at radius 1 is 0.861 bits per heavy atom. The van der Waals surface area contributed by atoms with Gasteiger partial charge in [0.05, 0.1) is 27.1 Å². The third-order valence-electron chi connectivity index (χ3n) is 5.98. The van der Waals surface area contributed by atoms with E-state index in [9.17, 15) is 13.2 Å². The molecule has 0 aliphatic heterocycles. The van der Waals surface area contributed by atoms with Crippen molar-refractivity contribution in [1.29, 1.82) is 0 Å². The Morgan fingerprint density at radius 2 is 1.39 bits per heavy atom. The van der Waals surface area contributed by atoms with Crippen molar-refractivity contribution < 1.29 is 36.7 Å². The summed E-state index contributed by atoms with van der Waals surface area (Å²) in [6.07, 6.45) is 11.5. The highest BCUT2D eigenvalue weighted by molar-refractivity contribution is 7.85. The first kappa shape index (κ1) is 31.8. The first-order valence-electron chi connectivity index (χ1n) is 12.9. The maximum Gasteiger partial charge on any atom is 0.407 e. The number of amides is 1. The predicted molar refractivity (Wildman–Crippen MR) is 141 cm³/mol. The molecule has 208 valence electrons. The Kier molecular flexibility index (Phi) is 16.0. The number of ether oxygens (including phenoxy) is 4. The van der Waals surface area contributed by atoms with Gasteiger partial charge in [-0.3, -0.25) is 4.55 Å². The van der Waals surface area contributed by atoms with E-state index in [0.29, 0.717) is 29.2 Å². The van der Waals surface area contributed by atoms with E-state index < -0.39 is 28.1 Å². The maximum absolute atomic E-state index is 12.4. The van der Waals surface area contributed by atoms with E-state index >= 15 is 0 Å². The van der Waals surface area contributed by atoms with Crippen LogP contribution in [0.3, 0.4) is 0 Å².